The molecule has 0 bridgehead atoms. The molecule has 2 rings (SSSR count). The Hall–Kier alpha value is -0.970. The van der Waals surface area contributed by atoms with Gasteiger partial charge in [0.25, 0.3) is 0 Å². The molecule has 0 spiro atoms. The van der Waals surface area contributed by atoms with Gasteiger partial charge in [0.1, 0.15) is 22.9 Å². The Morgan fingerprint density at radius 3 is 2.94 bits per heavy atom. The SMILES string of the molecule is COC(=O)[C@@H]1C[C@@H](Oc2cccc(Cl)c2Cl)CN1. The van der Waals surface area contributed by atoms with Crippen molar-refractivity contribution >= 4 is 29.2 Å². The van der Waals surface area contributed by atoms with Crippen molar-refractivity contribution in [2.75, 3.05) is 13.7 Å². The molecule has 1 aliphatic rings. The van der Waals surface area contributed by atoms with E-state index >= 15 is 0 Å². The summed E-state index contributed by atoms with van der Waals surface area (Å²) in [5.74, 6) is 0.250. The van der Waals surface area contributed by atoms with Gasteiger partial charge in [-0.15, -0.1) is 0 Å². The topological polar surface area (TPSA) is 47.6 Å². The number of nitrogens with one attached hydrogen (secondary N) is 1. The molecule has 0 saturated carbocycles. The van der Waals surface area contributed by atoms with Gasteiger partial charge in [-0.05, 0) is 12.1 Å². The third kappa shape index (κ3) is 2.88. The molecule has 1 aromatic carbocycles. The second-order valence-corrected chi connectivity index (χ2v) is 4.80. The maximum absolute atomic E-state index is 11.3. The Labute approximate surface area is 115 Å². The van der Waals surface area contributed by atoms with Crippen molar-refractivity contribution in [1.82, 2.24) is 5.32 Å². The third-order valence-electron chi connectivity index (χ3n) is 2.79. The van der Waals surface area contributed by atoms with Crippen molar-refractivity contribution in [3.05, 3.63) is 28.2 Å². The lowest BCUT2D eigenvalue weighted by molar-refractivity contribution is -0.142. The van der Waals surface area contributed by atoms with Crippen LogP contribution in [0.5, 0.6) is 5.75 Å². The minimum absolute atomic E-state index is 0.120. The molecule has 1 heterocycles. The first kappa shape index (κ1) is 13.5. The predicted octanol–water partition coefficient (Wildman–Crippen LogP) is 2.28. The number of hydrogen-bond acceptors (Lipinski definition) is 4. The largest absolute Gasteiger partial charge is 0.487 e. The van der Waals surface area contributed by atoms with E-state index in [0.29, 0.717) is 28.8 Å². The van der Waals surface area contributed by atoms with Gasteiger partial charge in [0.05, 0.1) is 12.1 Å². The van der Waals surface area contributed by atoms with E-state index in [1.807, 2.05) is 0 Å². The first-order chi connectivity index (χ1) is 8.61. The maximum Gasteiger partial charge on any atom is 0.323 e. The molecule has 6 heteroatoms. The Bertz CT molecular complexity index is 453. The van der Waals surface area contributed by atoms with Gasteiger partial charge in [-0.2, -0.15) is 0 Å². The highest BCUT2D eigenvalue weighted by Crippen LogP contribution is 2.32. The number of halogens is 2. The predicted molar refractivity (Wildman–Crippen MR) is 69.3 cm³/mol. The van der Waals surface area contributed by atoms with E-state index in [1.165, 1.54) is 7.11 Å². The molecule has 0 radical (unpaired) electrons. The molecule has 1 aromatic rings. The standard InChI is InChI=1S/C12H13Cl2NO3/c1-17-12(16)9-5-7(6-15-9)18-10-4-2-3-8(13)11(10)14/h2-4,7,9,15H,5-6H2,1H3/t7-,9+/m1/s1. The van der Waals surface area contributed by atoms with E-state index in [-0.39, 0.29) is 18.1 Å². The zero-order chi connectivity index (χ0) is 13.1. The van der Waals surface area contributed by atoms with E-state index in [0.717, 1.165) is 0 Å². The van der Waals surface area contributed by atoms with Crippen molar-refractivity contribution in [1.29, 1.82) is 0 Å². The number of carbonyl (C=O) groups excluding carboxylic acids is 1. The van der Waals surface area contributed by atoms with Gasteiger partial charge in [0.15, 0.2) is 0 Å². The van der Waals surface area contributed by atoms with Crippen molar-refractivity contribution in [3.63, 3.8) is 0 Å². The fourth-order valence-electron chi connectivity index (χ4n) is 1.87. The molecule has 0 aromatic heterocycles. The number of hydrogen-bond donors (Lipinski definition) is 1. The van der Waals surface area contributed by atoms with Crippen LogP contribution in [0.15, 0.2) is 18.2 Å². The van der Waals surface area contributed by atoms with Crippen molar-refractivity contribution in [2.45, 2.75) is 18.6 Å². The normalized spacial score (nSPS) is 22.8. The summed E-state index contributed by atoms with van der Waals surface area (Å²) in [6.07, 6.45) is 0.431. The van der Waals surface area contributed by atoms with E-state index in [1.54, 1.807) is 18.2 Å². The number of esters is 1. The second-order valence-electron chi connectivity index (χ2n) is 4.01. The molecule has 0 amide bonds. The minimum atomic E-state index is -0.321. The van der Waals surface area contributed by atoms with Gasteiger partial charge in [-0.3, -0.25) is 4.79 Å². The van der Waals surface area contributed by atoms with Gasteiger partial charge in [-0.1, -0.05) is 29.3 Å². The maximum atomic E-state index is 11.3. The Balaban J connectivity index is 1.99. The second kappa shape index (κ2) is 5.78. The van der Waals surface area contributed by atoms with Crippen LogP contribution in [0.2, 0.25) is 10.0 Å². The first-order valence-corrected chi connectivity index (χ1v) is 6.29. The van der Waals surface area contributed by atoms with Crippen LogP contribution >= 0.6 is 23.2 Å². The lowest BCUT2D eigenvalue weighted by Gasteiger charge is -2.14. The summed E-state index contributed by atoms with van der Waals surface area (Å²) < 4.78 is 10.4. The zero-order valence-corrected chi connectivity index (χ0v) is 11.3. The molecular weight excluding hydrogens is 277 g/mol. The fourth-order valence-corrected chi connectivity index (χ4v) is 2.21. The zero-order valence-electron chi connectivity index (χ0n) is 9.78. The van der Waals surface area contributed by atoms with Crippen molar-refractivity contribution in [2.24, 2.45) is 0 Å². The number of methoxy groups -OCH3 is 1. The Morgan fingerprint density at radius 2 is 2.22 bits per heavy atom. The molecule has 1 saturated heterocycles. The minimum Gasteiger partial charge on any atom is -0.487 e. The monoisotopic (exact) mass is 289 g/mol. The fraction of sp³-hybridized carbons (Fsp3) is 0.417. The van der Waals surface area contributed by atoms with Gasteiger partial charge in [-0.25, -0.2) is 0 Å². The molecule has 2 atom stereocenters. The van der Waals surface area contributed by atoms with Crippen molar-refractivity contribution < 1.29 is 14.3 Å². The molecule has 0 aliphatic carbocycles. The lowest BCUT2D eigenvalue weighted by Crippen LogP contribution is -2.31. The quantitative estimate of drug-likeness (QED) is 0.868. The van der Waals surface area contributed by atoms with Gasteiger partial charge < -0.3 is 14.8 Å². The van der Waals surface area contributed by atoms with Crippen molar-refractivity contribution in [3.8, 4) is 5.75 Å². The average Bonchev–Trinajstić information content (AvgIpc) is 2.82. The molecule has 1 fully saturated rings. The van der Waals surface area contributed by atoms with Crippen LogP contribution < -0.4 is 10.1 Å². The highest BCUT2D eigenvalue weighted by Gasteiger charge is 2.31. The number of carbonyl (C=O) groups is 1. The van der Waals surface area contributed by atoms with E-state index in [2.05, 4.69) is 10.1 Å². The van der Waals surface area contributed by atoms with Crippen LogP contribution in [0.1, 0.15) is 6.42 Å². The summed E-state index contributed by atoms with van der Waals surface area (Å²) in [6, 6.07) is 4.89. The summed E-state index contributed by atoms with van der Waals surface area (Å²) in [5, 5.41) is 3.87. The van der Waals surface area contributed by atoms with E-state index in [4.69, 9.17) is 27.9 Å². The van der Waals surface area contributed by atoms with Gasteiger partial charge >= 0.3 is 5.97 Å². The van der Waals surface area contributed by atoms with Crippen LogP contribution in [-0.2, 0) is 9.53 Å². The highest BCUT2D eigenvalue weighted by molar-refractivity contribution is 6.42. The van der Waals surface area contributed by atoms with Gasteiger partial charge in [0, 0.05) is 13.0 Å². The summed E-state index contributed by atoms with van der Waals surface area (Å²) in [4.78, 5) is 11.3. The third-order valence-corrected chi connectivity index (χ3v) is 3.59. The molecule has 0 unspecified atom stereocenters. The first-order valence-electron chi connectivity index (χ1n) is 5.53. The molecule has 1 N–H and O–H groups in total. The van der Waals surface area contributed by atoms with Crippen LogP contribution in [-0.4, -0.2) is 31.8 Å². The van der Waals surface area contributed by atoms with Crippen LogP contribution in [0.4, 0.5) is 0 Å². The van der Waals surface area contributed by atoms with E-state index < -0.39 is 0 Å². The Kier molecular flexibility index (Phi) is 4.32. The average molecular weight is 290 g/mol. The number of ether oxygens (including phenoxy) is 2. The highest BCUT2D eigenvalue weighted by atomic mass is 35.5. The summed E-state index contributed by atoms with van der Waals surface area (Å²) in [6.45, 7) is 0.572. The molecular formula is C12H13Cl2NO3. The molecule has 1 aliphatic heterocycles. The smallest absolute Gasteiger partial charge is 0.323 e. The van der Waals surface area contributed by atoms with Crippen LogP contribution in [0.3, 0.4) is 0 Å². The van der Waals surface area contributed by atoms with Crippen LogP contribution in [0.25, 0.3) is 0 Å². The lowest BCUT2D eigenvalue weighted by atomic mass is 10.2. The Morgan fingerprint density at radius 1 is 1.44 bits per heavy atom. The van der Waals surface area contributed by atoms with E-state index in [9.17, 15) is 4.79 Å². The number of benzene rings is 1. The summed E-state index contributed by atoms with van der Waals surface area (Å²) in [5.41, 5.74) is 0. The molecule has 98 valence electrons. The summed E-state index contributed by atoms with van der Waals surface area (Å²) >= 11 is 11.9. The summed E-state index contributed by atoms with van der Waals surface area (Å²) in [7, 11) is 1.37. The molecule has 4 nitrogen and oxygen atoms in total. The number of rotatable bonds is 3. The van der Waals surface area contributed by atoms with Gasteiger partial charge in [0.2, 0.25) is 0 Å². The molecule has 18 heavy (non-hydrogen) atoms. The van der Waals surface area contributed by atoms with Crippen LogP contribution in [0, 0.1) is 0 Å².